The minimum absolute atomic E-state index is 0.0862. The summed E-state index contributed by atoms with van der Waals surface area (Å²) < 4.78 is 11.1. The second-order valence-corrected chi connectivity index (χ2v) is 11.1. The van der Waals surface area contributed by atoms with Gasteiger partial charge in [-0.1, -0.05) is 54.9 Å². The molecule has 1 heterocycles. The smallest absolute Gasteiger partial charge is 0.406 e. The first kappa shape index (κ1) is 31.3. The monoisotopic (exact) mass is 593 g/mol. The molecule has 1 aliphatic rings. The first-order valence-corrected chi connectivity index (χ1v) is 14.8. The fraction of sp³-hybridized carbons (Fsp3) is 0.394. The van der Waals surface area contributed by atoms with Crippen LogP contribution in [0.2, 0.25) is 5.02 Å². The summed E-state index contributed by atoms with van der Waals surface area (Å²) in [7, 11) is 1.31. The van der Waals surface area contributed by atoms with Crippen LogP contribution in [0.4, 0.5) is 4.79 Å². The summed E-state index contributed by atoms with van der Waals surface area (Å²) in [5, 5.41) is 15.7. The van der Waals surface area contributed by atoms with E-state index in [2.05, 4.69) is 12.2 Å². The van der Waals surface area contributed by atoms with Crippen LogP contribution in [0.1, 0.15) is 59.7 Å². The normalized spacial score (nSPS) is 16.4. The van der Waals surface area contributed by atoms with Crippen molar-refractivity contribution in [2.45, 2.75) is 51.2 Å². The lowest BCUT2D eigenvalue weighted by Gasteiger charge is -2.43. The molecule has 42 heavy (non-hydrogen) atoms. The standard InChI is InChI=1S/C33H40ClN3O5/c1-3-23-8-4-10-27(20-23)42-30-28(11-5-12-29(30)34)33(40,17-7-18-36-32(39)41-2)26-9-6-19-37(22-26)31(38)25-15-13-24(21-35)14-16-25/h4-5,8,10-16,20,26,40H,3,6-7,9,17-19,21-22,35H2,1-2H3,(H,36,39)/t26-,33?/m1/s1. The van der Waals surface area contributed by atoms with Crippen LogP contribution in [-0.4, -0.2) is 48.8 Å². The van der Waals surface area contributed by atoms with Gasteiger partial charge >= 0.3 is 6.09 Å². The molecule has 1 aliphatic heterocycles. The van der Waals surface area contributed by atoms with E-state index in [0.717, 1.165) is 24.0 Å². The van der Waals surface area contributed by atoms with Gasteiger partial charge in [0.05, 0.1) is 17.7 Å². The van der Waals surface area contributed by atoms with Crippen LogP contribution >= 0.6 is 11.6 Å². The maximum atomic E-state index is 13.5. The molecule has 0 radical (unpaired) electrons. The van der Waals surface area contributed by atoms with Crippen molar-refractivity contribution >= 4 is 23.6 Å². The minimum atomic E-state index is -1.40. The number of para-hydroxylation sites is 1. The topological polar surface area (TPSA) is 114 Å². The van der Waals surface area contributed by atoms with Crippen LogP contribution in [0, 0.1) is 5.92 Å². The van der Waals surface area contributed by atoms with Crippen LogP contribution in [-0.2, 0) is 23.3 Å². The van der Waals surface area contributed by atoms with Gasteiger partial charge < -0.3 is 30.5 Å². The van der Waals surface area contributed by atoms with Gasteiger partial charge in [-0.25, -0.2) is 4.79 Å². The average Bonchev–Trinajstić information content (AvgIpc) is 3.03. The number of benzene rings is 3. The zero-order valence-electron chi connectivity index (χ0n) is 24.3. The van der Waals surface area contributed by atoms with E-state index in [1.807, 2.05) is 42.5 Å². The van der Waals surface area contributed by atoms with Gasteiger partial charge in [0, 0.05) is 43.2 Å². The van der Waals surface area contributed by atoms with Crippen molar-refractivity contribution in [3.63, 3.8) is 0 Å². The van der Waals surface area contributed by atoms with Crippen molar-refractivity contribution in [3.05, 3.63) is 94.0 Å². The van der Waals surface area contributed by atoms with E-state index in [0.29, 0.717) is 73.1 Å². The number of carbonyl (C=O) groups excluding carboxylic acids is 2. The third-order valence-electron chi connectivity index (χ3n) is 7.97. The number of rotatable bonds is 11. The van der Waals surface area contributed by atoms with Crippen molar-refractivity contribution in [1.29, 1.82) is 0 Å². The lowest BCUT2D eigenvalue weighted by Crippen LogP contribution is -2.48. The van der Waals surface area contributed by atoms with Crippen molar-refractivity contribution < 1.29 is 24.2 Å². The molecule has 1 saturated heterocycles. The number of likely N-dealkylation sites (tertiary alicyclic amines) is 1. The number of alkyl carbamates (subject to hydrolysis) is 1. The van der Waals surface area contributed by atoms with E-state index in [9.17, 15) is 14.7 Å². The van der Waals surface area contributed by atoms with E-state index in [1.54, 1.807) is 29.2 Å². The molecular formula is C33H40ClN3O5. The van der Waals surface area contributed by atoms with Crippen molar-refractivity contribution in [2.24, 2.45) is 11.7 Å². The molecule has 1 unspecified atom stereocenters. The molecule has 4 N–H and O–H groups in total. The third-order valence-corrected chi connectivity index (χ3v) is 8.27. The van der Waals surface area contributed by atoms with Gasteiger partial charge in [-0.3, -0.25) is 4.79 Å². The third kappa shape index (κ3) is 7.43. The predicted octanol–water partition coefficient (Wildman–Crippen LogP) is 6.03. The quantitative estimate of drug-likeness (QED) is 0.234. The first-order valence-electron chi connectivity index (χ1n) is 14.5. The van der Waals surface area contributed by atoms with Crippen LogP contribution in [0.3, 0.4) is 0 Å². The Morgan fingerprint density at radius 1 is 1.12 bits per heavy atom. The van der Waals surface area contributed by atoms with Crippen molar-refractivity contribution in [2.75, 3.05) is 26.7 Å². The summed E-state index contributed by atoms with van der Waals surface area (Å²) >= 11 is 6.72. The molecule has 0 bridgehead atoms. The van der Waals surface area contributed by atoms with E-state index >= 15 is 0 Å². The molecule has 0 aliphatic carbocycles. The second-order valence-electron chi connectivity index (χ2n) is 10.7. The molecule has 3 aromatic rings. The highest BCUT2D eigenvalue weighted by Gasteiger charge is 2.43. The molecule has 2 amide bonds. The van der Waals surface area contributed by atoms with E-state index in [-0.39, 0.29) is 11.8 Å². The number of piperidine rings is 1. The van der Waals surface area contributed by atoms with E-state index < -0.39 is 11.7 Å². The summed E-state index contributed by atoms with van der Waals surface area (Å²) in [5.41, 5.74) is 7.54. The predicted molar refractivity (Wildman–Crippen MR) is 164 cm³/mol. The van der Waals surface area contributed by atoms with Gasteiger partial charge in [-0.05, 0) is 73.6 Å². The molecule has 0 saturated carbocycles. The maximum Gasteiger partial charge on any atom is 0.406 e. The average molecular weight is 594 g/mol. The molecule has 0 spiro atoms. The van der Waals surface area contributed by atoms with E-state index in [1.165, 1.54) is 7.11 Å². The molecule has 9 heteroatoms. The highest BCUT2D eigenvalue weighted by Crippen LogP contribution is 2.46. The number of aliphatic hydroxyl groups is 1. The molecule has 0 aromatic heterocycles. The van der Waals surface area contributed by atoms with Gasteiger partial charge in [-0.15, -0.1) is 0 Å². The zero-order chi connectivity index (χ0) is 30.1. The Morgan fingerprint density at radius 3 is 2.60 bits per heavy atom. The zero-order valence-corrected chi connectivity index (χ0v) is 25.0. The fourth-order valence-electron chi connectivity index (χ4n) is 5.60. The Balaban J connectivity index is 1.66. The van der Waals surface area contributed by atoms with Gasteiger partial charge in [0.25, 0.3) is 5.91 Å². The van der Waals surface area contributed by atoms with Crippen LogP contribution in [0.5, 0.6) is 11.5 Å². The number of aryl methyl sites for hydroxylation is 1. The molecule has 1 fully saturated rings. The number of ether oxygens (including phenoxy) is 2. The fourth-order valence-corrected chi connectivity index (χ4v) is 5.81. The summed E-state index contributed by atoms with van der Waals surface area (Å²) in [5.74, 6) is 0.618. The minimum Gasteiger partial charge on any atom is -0.455 e. The highest BCUT2D eigenvalue weighted by molar-refractivity contribution is 6.32. The Labute approximate surface area is 252 Å². The molecule has 4 rings (SSSR count). The molecule has 3 aromatic carbocycles. The Kier molecular flexibility index (Phi) is 10.8. The number of methoxy groups -OCH3 is 1. The van der Waals surface area contributed by atoms with Gasteiger partial charge in [-0.2, -0.15) is 0 Å². The number of nitrogens with one attached hydrogen (secondary N) is 1. The molecule has 2 atom stereocenters. The lowest BCUT2D eigenvalue weighted by molar-refractivity contribution is -0.0578. The summed E-state index contributed by atoms with van der Waals surface area (Å²) in [4.78, 5) is 27.0. The number of halogens is 1. The summed E-state index contributed by atoms with van der Waals surface area (Å²) in [6.45, 7) is 3.74. The van der Waals surface area contributed by atoms with Gasteiger partial charge in [0.15, 0.2) is 5.75 Å². The van der Waals surface area contributed by atoms with E-state index in [4.69, 9.17) is 26.8 Å². The number of nitrogens with two attached hydrogens (primary N) is 1. The number of amides is 2. The maximum absolute atomic E-state index is 13.5. The Morgan fingerprint density at radius 2 is 1.88 bits per heavy atom. The molecule has 224 valence electrons. The summed E-state index contributed by atoms with van der Waals surface area (Å²) in [6, 6.07) is 20.5. The number of nitrogens with zero attached hydrogens (tertiary/aromatic N) is 1. The molecular weight excluding hydrogens is 554 g/mol. The number of hydrogen-bond acceptors (Lipinski definition) is 6. The second kappa shape index (κ2) is 14.5. The van der Waals surface area contributed by atoms with Crippen LogP contribution in [0.15, 0.2) is 66.7 Å². The van der Waals surface area contributed by atoms with Crippen molar-refractivity contribution in [3.8, 4) is 11.5 Å². The first-order chi connectivity index (χ1) is 20.3. The number of carbonyl (C=O) groups is 2. The SMILES string of the molecule is CCc1cccc(Oc2c(Cl)cccc2C(O)(CCCNC(=O)OC)[C@@H]2CCCN(C(=O)c3ccc(CN)cc3)C2)c1. The molecule has 8 nitrogen and oxygen atoms in total. The van der Waals surface area contributed by atoms with Crippen LogP contribution in [0.25, 0.3) is 0 Å². The number of hydrogen-bond donors (Lipinski definition) is 3. The van der Waals surface area contributed by atoms with Gasteiger partial charge in [0.1, 0.15) is 5.75 Å². The largest absolute Gasteiger partial charge is 0.455 e. The van der Waals surface area contributed by atoms with Crippen molar-refractivity contribution in [1.82, 2.24) is 10.2 Å². The Bertz CT molecular complexity index is 1370. The summed E-state index contributed by atoms with van der Waals surface area (Å²) in [6.07, 6.45) is 2.53. The lowest BCUT2D eigenvalue weighted by atomic mass is 9.73. The highest BCUT2D eigenvalue weighted by atomic mass is 35.5. The Hall–Kier alpha value is -3.59. The van der Waals surface area contributed by atoms with Crippen LogP contribution < -0.4 is 15.8 Å². The van der Waals surface area contributed by atoms with Gasteiger partial charge in [0.2, 0.25) is 0 Å².